The molecule has 0 saturated carbocycles. The molecule has 0 bridgehead atoms. The lowest BCUT2D eigenvalue weighted by atomic mass is 9.97. The summed E-state index contributed by atoms with van der Waals surface area (Å²) in [4.78, 5) is 19.8. The molecule has 1 atom stereocenters. The molecule has 8 heteroatoms. The third kappa shape index (κ3) is 3.69. The summed E-state index contributed by atoms with van der Waals surface area (Å²) in [5, 5.41) is 10.4. The zero-order valence-corrected chi connectivity index (χ0v) is 15.6. The van der Waals surface area contributed by atoms with Crippen LogP contribution < -0.4 is 15.0 Å². The molecule has 0 aliphatic rings. The highest BCUT2D eigenvalue weighted by atomic mass is 32.1. The Morgan fingerprint density at radius 1 is 1.20 bits per heavy atom. The van der Waals surface area contributed by atoms with Gasteiger partial charge in [-0.15, -0.1) is 0 Å². The van der Waals surface area contributed by atoms with Gasteiger partial charge in [-0.05, 0) is 31.4 Å². The second-order valence-corrected chi connectivity index (χ2v) is 5.79. The Kier molecular flexibility index (Phi) is 6.22. The molecule has 0 aliphatic carbocycles. The second kappa shape index (κ2) is 8.17. The smallest absolute Gasteiger partial charge is 0.260 e. The third-order valence-electron chi connectivity index (χ3n) is 4.14. The van der Waals surface area contributed by atoms with Gasteiger partial charge in [-0.1, -0.05) is 26.0 Å². The monoisotopic (exact) mass is 365 g/mol. The van der Waals surface area contributed by atoms with Crippen molar-refractivity contribution in [3.63, 3.8) is 0 Å². The minimum absolute atomic E-state index is 0.0714. The Balaban J connectivity index is 2.81. The maximum atomic E-state index is 12.6. The minimum Gasteiger partial charge on any atom is -0.494 e. The Hall–Kier alpha value is -2.32. The molecule has 1 heterocycles. The van der Waals surface area contributed by atoms with Gasteiger partial charge in [-0.2, -0.15) is 0 Å². The standard InChI is InChI=1S/C17H23N3O4S/c1-5-20(6-2)13(12-15(21)18-17(25)19-16(12)22)10-8-7-9-11(23-3)14(10)24-4/h7-9,13H,5-6H2,1-4H3,(H3,18,19,21,22,25)/t13-/m0/s1. The van der Waals surface area contributed by atoms with E-state index in [9.17, 15) is 9.90 Å². The molecule has 7 nitrogen and oxygen atoms in total. The molecule has 136 valence electrons. The fraction of sp³-hybridized carbons (Fsp3) is 0.412. The van der Waals surface area contributed by atoms with Crippen LogP contribution in [0.3, 0.4) is 0 Å². The molecule has 0 amide bonds. The summed E-state index contributed by atoms with van der Waals surface area (Å²) in [7, 11) is 3.10. The largest absolute Gasteiger partial charge is 0.494 e. The fourth-order valence-electron chi connectivity index (χ4n) is 2.99. The Morgan fingerprint density at radius 3 is 2.40 bits per heavy atom. The predicted molar refractivity (Wildman–Crippen MR) is 98.2 cm³/mol. The van der Waals surface area contributed by atoms with Crippen molar-refractivity contribution in [2.75, 3.05) is 27.3 Å². The molecule has 1 aromatic carbocycles. The maximum Gasteiger partial charge on any atom is 0.260 e. The van der Waals surface area contributed by atoms with Crippen LogP contribution in [0.15, 0.2) is 23.0 Å². The van der Waals surface area contributed by atoms with Crippen LogP contribution in [0.2, 0.25) is 0 Å². The van der Waals surface area contributed by atoms with Gasteiger partial charge >= 0.3 is 0 Å². The molecule has 2 aromatic rings. The SMILES string of the molecule is CCN(CC)[C@@H](c1cccc(OC)c1OC)c1c(O)[nH]c(=S)[nH]c1=O. The van der Waals surface area contributed by atoms with Gasteiger partial charge in [0.05, 0.1) is 25.8 Å². The van der Waals surface area contributed by atoms with Crippen LogP contribution in [0, 0.1) is 4.77 Å². The van der Waals surface area contributed by atoms with Gasteiger partial charge in [0, 0.05) is 5.56 Å². The van der Waals surface area contributed by atoms with E-state index in [0.29, 0.717) is 24.6 Å². The molecule has 0 aliphatic heterocycles. The number of aromatic nitrogens is 2. The van der Waals surface area contributed by atoms with Crippen molar-refractivity contribution >= 4 is 12.2 Å². The molecule has 0 spiro atoms. The summed E-state index contributed by atoms with van der Waals surface area (Å²) in [6.45, 7) is 5.30. The lowest BCUT2D eigenvalue weighted by Crippen LogP contribution is -2.33. The van der Waals surface area contributed by atoms with Crippen LogP contribution in [0.5, 0.6) is 17.4 Å². The molecule has 0 fully saturated rings. The van der Waals surface area contributed by atoms with Gasteiger partial charge in [-0.25, -0.2) is 0 Å². The van der Waals surface area contributed by atoms with Crippen molar-refractivity contribution in [2.24, 2.45) is 0 Å². The van der Waals surface area contributed by atoms with E-state index in [2.05, 4.69) is 9.97 Å². The zero-order valence-electron chi connectivity index (χ0n) is 14.8. The quantitative estimate of drug-likeness (QED) is 0.654. The normalized spacial score (nSPS) is 12.2. The highest BCUT2D eigenvalue weighted by molar-refractivity contribution is 7.71. The molecule has 1 aromatic heterocycles. The zero-order chi connectivity index (χ0) is 18.6. The van der Waals surface area contributed by atoms with Crippen molar-refractivity contribution in [1.29, 1.82) is 0 Å². The van der Waals surface area contributed by atoms with Crippen molar-refractivity contribution in [1.82, 2.24) is 14.9 Å². The molecule has 25 heavy (non-hydrogen) atoms. The number of H-pyrrole nitrogens is 2. The number of nitrogens with one attached hydrogen (secondary N) is 2. The van der Waals surface area contributed by atoms with E-state index in [1.807, 2.05) is 30.9 Å². The summed E-state index contributed by atoms with van der Waals surface area (Å²) >= 11 is 4.93. The third-order valence-corrected chi connectivity index (χ3v) is 4.34. The molecule has 3 N–H and O–H groups in total. The van der Waals surface area contributed by atoms with Crippen LogP contribution in [0.4, 0.5) is 0 Å². The van der Waals surface area contributed by atoms with Gasteiger partial charge in [-0.3, -0.25) is 14.7 Å². The van der Waals surface area contributed by atoms with E-state index in [-0.39, 0.29) is 16.2 Å². The number of para-hydroxylation sites is 1. The molecule has 0 saturated heterocycles. The first kappa shape index (κ1) is 19.0. The highest BCUT2D eigenvalue weighted by Crippen LogP contribution is 2.40. The van der Waals surface area contributed by atoms with E-state index in [1.54, 1.807) is 20.3 Å². The van der Waals surface area contributed by atoms with Gasteiger partial charge in [0.1, 0.15) is 0 Å². The van der Waals surface area contributed by atoms with Crippen LogP contribution >= 0.6 is 12.2 Å². The molecular weight excluding hydrogens is 342 g/mol. The lowest BCUT2D eigenvalue weighted by Gasteiger charge is -2.31. The number of methoxy groups -OCH3 is 2. The van der Waals surface area contributed by atoms with Crippen molar-refractivity contribution in [3.8, 4) is 17.4 Å². The Bertz CT molecular complexity index is 843. The predicted octanol–water partition coefficient (Wildman–Crippen LogP) is 2.59. The van der Waals surface area contributed by atoms with Crippen LogP contribution in [0.1, 0.15) is 31.0 Å². The minimum atomic E-state index is -0.532. The van der Waals surface area contributed by atoms with E-state index >= 15 is 0 Å². The Morgan fingerprint density at radius 2 is 1.88 bits per heavy atom. The summed E-state index contributed by atoms with van der Waals surface area (Å²) in [6.07, 6.45) is 0. The fourth-order valence-corrected chi connectivity index (χ4v) is 3.18. The summed E-state index contributed by atoms with van der Waals surface area (Å²) in [5.74, 6) is 0.815. The first-order valence-electron chi connectivity index (χ1n) is 7.98. The van der Waals surface area contributed by atoms with E-state index in [0.717, 1.165) is 5.56 Å². The second-order valence-electron chi connectivity index (χ2n) is 5.38. The summed E-state index contributed by atoms with van der Waals surface area (Å²) in [5.41, 5.74) is 0.462. The molecular formula is C17H23N3O4S. The van der Waals surface area contributed by atoms with Gasteiger partial charge < -0.3 is 19.6 Å². The number of nitrogens with zero attached hydrogens (tertiary/aromatic N) is 1. The van der Waals surface area contributed by atoms with Crippen molar-refractivity contribution < 1.29 is 14.6 Å². The van der Waals surface area contributed by atoms with E-state index < -0.39 is 11.6 Å². The topological polar surface area (TPSA) is 90.6 Å². The first-order valence-corrected chi connectivity index (χ1v) is 8.39. The number of hydrogen-bond donors (Lipinski definition) is 3. The van der Waals surface area contributed by atoms with Crippen molar-refractivity contribution in [3.05, 3.63) is 44.5 Å². The van der Waals surface area contributed by atoms with Crippen LogP contribution in [-0.4, -0.2) is 47.3 Å². The van der Waals surface area contributed by atoms with Crippen LogP contribution in [0.25, 0.3) is 0 Å². The molecule has 0 unspecified atom stereocenters. The van der Waals surface area contributed by atoms with Crippen molar-refractivity contribution in [2.45, 2.75) is 19.9 Å². The number of hydrogen-bond acceptors (Lipinski definition) is 6. The van der Waals surface area contributed by atoms with E-state index in [4.69, 9.17) is 21.7 Å². The average molecular weight is 365 g/mol. The van der Waals surface area contributed by atoms with Gasteiger partial charge in [0.2, 0.25) is 5.88 Å². The highest BCUT2D eigenvalue weighted by Gasteiger charge is 2.30. The molecule has 2 rings (SSSR count). The number of aromatic hydroxyl groups is 1. The van der Waals surface area contributed by atoms with E-state index in [1.165, 1.54) is 0 Å². The summed E-state index contributed by atoms with van der Waals surface area (Å²) < 4.78 is 11.0. The number of aromatic amines is 2. The number of rotatable bonds is 7. The van der Waals surface area contributed by atoms with Crippen LogP contribution in [-0.2, 0) is 0 Å². The first-order chi connectivity index (χ1) is 12.0. The van der Waals surface area contributed by atoms with Gasteiger partial charge in [0.25, 0.3) is 5.56 Å². The van der Waals surface area contributed by atoms with Gasteiger partial charge in [0.15, 0.2) is 16.3 Å². The molecule has 0 radical (unpaired) electrons. The maximum absolute atomic E-state index is 12.6. The average Bonchev–Trinajstić information content (AvgIpc) is 2.59. The Labute approximate surface area is 151 Å². The lowest BCUT2D eigenvalue weighted by molar-refractivity contribution is 0.236. The summed E-state index contributed by atoms with van der Waals surface area (Å²) in [6, 6.07) is 4.93. The number of ether oxygens (including phenoxy) is 2. The number of benzene rings is 1.